The van der Waals surface area contributed by atoms with E-state index < -0.39 is 0 Å². The Labute approximate surface area is 215 Å². The van der Waals surface area contributed by atoms with E-state index >= 15 is 0 Å². The molecule has 37 heavy (non-hydrogen) atoms. The monoisotopic (exact) mass is 497 g/mol. The fourth-order valence-electron chi connectivity index (χ4n) is 4.06. The number of hydrogen-bond acceptors (Lipinski definition) is 6. The van der Waals surface area contributed by atoms with Gasteiger partial charge in [0.05, 0.1) is 6.42 Å². The van der Waals surface area contributed by atoms with Crippen molar-refractivity contribution in [3.63, 3.8) is 0 Å². The van der Waals surface area contributed by atoms with Gasteiger partial charge in [0.1, 0.15) is 5.75 Å². The molecular formula is C28H29N6O3. The topological polar surface area (TPSA) is 138 Å². The molecule has 2 amide bonds. The lowest BCUT2D eigenvalue weighted by Gasteiger charge is -2.23. The average molecular weight is 498 g/mol. The van der Waals surface area contributed by atoms with E-state index in [4.69, 9.17) is 5.73 Å². The third-order valence-electron chi connectivity index (χ3n) is 6.03. The van der Waals surface area contributed by atoms with Crippen molar-refractivity contribution >= 4 is 11.8 Å². The summed E-state index contributed by atoms with van der Waals surface area (Å²) in [5.41, 5.74) is 10.1. The maximum atomic E-state index is 13.1. The van der Waals surface area contributed by atoms with Gasteiger partial charge in [0.25, 0.3) is 0 Å². The molecule has 4 aromatic rings. The van der Waals surface area contributed by atoms with Crippen LogP contribution in [0.25, 0.3) is 22.5 Å². The predicted octanol–water partition coefficient (Wildman–Crippen LogP) is 3.67. The molecule has 189 valence electrons. The van der Waals surface area contributed by atoms with Crippen molar-refractivity contribution in [1.82, 2.24) is 25.5 Å². The Balaban J connectivity index is 1.45. The lowest BCUT2D eigenvalue weighted by molar-refractivity contribution is -0.128. The van der Waals surface area contributed by atoms with Gasteiger partial charge in [0, 0.05) is 25.1 Å². The highest BCUT2D eigenvalue weighted by Gasteiger charge is 2.16. The molecular weight excluding hydrogens is 468 g/mol. The molecule has 1 heterocycles. The summed E-state index contributed by atoms with van der Waals surface area (Å²) in [5, 5.41) is 23.7. The molecule has 0 saturated heterocycles. The fourth-order valence-corrected chi connectivity index (χ4v) is 4.06. The largest absolute Gasteiger partial charge is 0.508 e. The first-order valence-electron chi connectivity index (χ1n) is 12.1. The summed E-state index contributed by atoms with van der Waals surface area (Å²) in [4.78, 5) is 26.0. The van der Waals surface area contributed by atoms with E-state index in [2.05, 4.69) is 20.6 Å². The third-order valence-corrected chi connectivity index (χ3v) is 6.03. The van der Waals surface area contributed by atoms with Gasteiger partial charge >= 0.3 is 0 Å². The number of primary amides is 1. The first-order valence-corrected chi connectivity index (χ1v) is 12.1. The molecule has 0 bridgehead atoms. The Morgan fingerprint density at radius 1 is 0.919 bits per heavy atom. The molecule has 1 radical (unpaired) electrons. The molecule has 1 aromatic heterocycles. The summed E-state index contributed by atoms with van der Waals surface area (Å²) in [6.07, 6.45) is 3.72. The van der Waals surface area contributed by atoms with Gasteiger partial charge in [-0.25, -0.2) is 5.10 Å². The van der Waals surface area contributed by atoms with E-state index in [0.717, 1.165) is 27.8 Å². The van der Waals surface area contributed by atoms with Crippen LogP contribution in [0.15, 0.2) is 72.8 Å². The smallest absolute Gasteiger partial charge is 0.227 e. The van der Waals surface area contributed by atoms with Crippen molar-refractivity contribution in [3.05, 3.63) is 90.3 Å². The second-order valence-corrected chi connectivity index (χ2v) is 8.75. The number of benzene rings is 3. The third kappa shape index (κ3) is 7.23. The van der Waals surface area contributed by atoms with E-state index in [1.165, 1.54) is 0 Å². The van der Waals surface area contributed by atoms with Crippen molar-refractivity contribution in [1.29, 1.82) is 0 Å². The van der Waals surface area contributed by atoms with Crippen molar-refractivity contribution in [2.45, 2.75) is 32.2 Å². The molecule has 0 fully saturated rings. The number of carbonyl (C=O) groups excluding carboxylic acids is 2. The Morgan fingerprint density at radius 2 is 1.62 bits per heavy atom. The van der Waals surface area contributed by atoms with E-state index in [1.54, 1.807) is 35.6 Å². The molecule has 0 spiro atoms. The summed E-state index contributed by atoms with van der Waals surface area (Å²) in [7, 11) is 0. The van der Waals surface area contributed by atoms with E-state index in [0.29, 0.717) is 44.6 Å². The van der Waals surface area contributed by atoms with Crippen LogP contribution in [0.3, 0.4) is 0 Å². The van der Waals surface area contributed by atoms with Crippen LogP contribution in [0.1, 0.15) is 30.4 Å². The molecule has 0 atom stereocenters. The molecule has 9 nitrogen and oxygen atoms in total. The number of phenols is 1. The van der Waals surface area contributed by atoms with Crippen LogP contribution in [0.4, 0.5) is 0 Å². The molecule has 3 aromatic carbocycles. The highest BCUT2D eigenvalue weighted by molar-refractivity contribution is 5.85. The number of nitrogens with two attached hydrogens (primary N) is 1. The van der Waals surface area contributed by atoms with Gasteiger partial charge in [-0.1, -0.05) is 60.7 Å². The van der Waals surface area contributed by atoms with Crippen LogP contribution in [0.5, 0.6) is 5.75 Å². The zero-order valence-corrected chi connectivity index (χ0v) is 20.4. The maximum absolute atomic E-state index is 13.1. The number of aromatic amines is 1. The standard InChI is InChI=1S/C28H29N6O3/c29-26(36)7-3-4-18-34(27(37)17-12-20-10-15-23(35)16-11-20)19-21-8-13-22(14-9-21)24-5-1-2-6-25(24)28-30-32-33-31-28/h1-2,5-6,8-11,13-17,35H,3-4,7,12,18-19H2,(H2,29,36)(H,30,31,32,33). The number of unbranched alkanes of at least 4 members (excludes halogenated alkanes) is 1. The number of H-pyrrole nitrogens is 1. The summed E-state index contributed by atoms with van der Waals surface area (Å²) in [5.74, 6) is 0.361. The second-order valence-electron chi connectivity index (χ2n) is 8.75. The zero-order valence-electron chi connectivity index (χ0n) is 20.4. The summed E-state index contributed by atoms with van der Waals surface area (Å²) < 4.78 is 0. The van der Waals surface area contributed by atoms with Crippen LogP contribution >= 0.6 is 0 Å². The number of nitrogens with one attached hydrogen (secondary N) is 1. The number of nitrogens with zero attached hydrogens (tertiary/aromatic N) is 4. The van der Waals surface area contributed by atoms with Crippen LogP contribution in [-0.4, -0.2) is 49.0 Å². The summed E-state index contributed by atoms with van der Waals surface area (Å²) >= 11 is 0. The van der Waals surface area contributed by atoms with E-state index in [1.807, 2.05) is 48.5 Å². The Hall–Kier alpha value is -4.53. The lowest BCUT2D eigenvalue weighted by atomic mass is 9.98. The maximum Gasteiger partial charge on any atom is 0.227 e. The molecule has 0 aliphatic heterocycles. The quantitative estimate of drug-likeness (QED) is 0.255. The zero-order chi connectivity index (χ0) is 26.0. The summed E-state index contributed by atoms with van der Waals surface area (Å²) in [6, 6.07) is 22.7. The van der Waals surface area contributed by atoms with E-state index in [9.17, 15) is 14.7 Å². The number of aromatic nitrogens is 4. The van der Waals surface area contributed by atoms with Gasteiger partial charge in [-0.05, 0) is 64.1 Å². The van der Waals surface area contributed by atoms with Crippen molar-refractivity contribution in [2.75, 3.05) is 6.54 Å². The number of tetrazole rings is 1. The van der Waals surface area contributed by atoms with Crippen LogP contribution in [-0.2, 0) is 22.6 Å². The second kappa shape index (κ2) is 12.4. The highest BCUT2D eigenvalue weighted by atomic mass is 16.3. The first-order chi connectivity index (χ1) is 18.0. The fraction of sp³-hybridized carbons (Fsp3) is 0.214. The van der Waals surface area contributed by atoms with Crippen LogP contribution < -0.4 is 5.73 Å². The molecule has 0 aliphatic carbocycles. The normalized spacial score (nSPS) is 10.8. The number of phenolic OH excluding ortho intramolecular Hbond substituents is 1. The average Bonchev–Trinajstić information content (AvgIpc) is 3.45. The van der Waals surface area contributed by atoms with Gasteiger partial charge in [-0.3, -0.25) is 9.59 Å². The van der Waals surface area contributed by atoms with Gasteiger partial charge in [0.15, 0.2) is 5.82 Å². The predicted molar refractivity (Wildman–Crippen MR) is 140 cm³/mol. The molecule has 0 saturated carbocycles. The van der Waals surface area contributed by atoms with Crippen LogP contribution in [0.2, 0.25) is 0 Å². The number of hydrogen-bond donors (Lipinski definition) is 3. The van der Waals surface area contributed by atoms with Gasteiger partial charge in [-0.2, -0.15) is 0 Å². The summed E-state index contributed by atoms with van der Waals surface area (Å²) in [6.45, 7) is 0.955. The molecule has 4 N–H and O–H groups in total. The molecule has 0 aliphatic rings. The van der Waals surface area contributed by atoms with Crippen LogP contribution in [0, 0.1) is 6.42 Å². The minimum atomic E-state index is -0.339. The minimum Gasteiger partial charge on any atom is -0.508 e. The Bertz CT molecular complexity index is 1300. The number of amides is 2. The Morgan fingerprint density at radius 3 is 2.30 bits per heavy atom. The first kappa shape index (κ1) is 25.6. The van der Waals surface area contributed by atoms with Gasteiger partial charge in [-0.15, -0.1) is 5.10 Å². The highest BCUT2D eigenvalue weighted by Crippen LogP contribution is 2.30. The van der Waals surface area contributed by atoms with Crippen molar-refractivity contribution in [2.24, 2.45) is 5.73 Å². The van der Waals surface area contributed by atoms with Gasteiger partial charge in [0.2, 0.25) is 11.8 Å². The number of carbonyl (C=O) groups is 2. The van der Waals surface area contributed by atoms with Crippen molar-refractivity contribution < 1.29 is 14.7 Å². The van der Waals surface area contributed by atoms with Gasteiger partial charge < -0.3 is 15.7 Å². The molecule has 4 rings (SSSR count). The number of aromatic hydroxyl groups is 1. The minimum absolute atomic E-state index is 0.0839. The lowest BCUT2D eigenvalue weighted by Crippen LogP contribution is -2.32. The van der Waals surface area contributed by atoms with Crippen molar-refractivity contribution in [3.8, 4) is 28.3 Å². The SMILES string of the molecule is NC(=O)CCCCN(Cc1ccc(-c2ccccc2-c2nnn[nH]2)cc1)C(=O)[CH]Cc1ccc(O)cc1. The molecule has 0 unspecified atom stereocenters. The Kier molecular flexibility index (Phi) is 8.59. The van der Waals surface area contributed by atoms with E-state index in [-0.39, 0.29) is 17.6 Å². The number of rotatable bonds is 12. The molecule has 9 heteroatoms.